The number of nitrogens with one attached hydrogen (secondary N) is 1. The minimum absolute atomic E-state index is 0.165. The van der Waals surface area contributed by atoms with Crippen molar-refractivity contribution in [3.63, 3.8) is 0 Å². The van der Waals surface area contributed by atoms with Crippen LogP contribution >= 0.6 is 27.3 Å². The molecule has 1 amide bonds. The van der Waals surface area contributed by atoms with Gasteiger partial charge in [-0.15, -0.1) is 11.3 Å². The summed E-state index contributed by atoms with van der Waals surface area (Å²) >= 11 is 5.04. The van der Waals surface area contributed by atoms with Crippen LogP contribution in [0.25, 0.3) is 10.2 Å². The van der Waals surface area contributed by atoms with E-state index in [1.807, 2.05) is 49.4 Å². The first kappa shape index (κ1) is 16.9. The van der Waals surface area contributed by atoms with E-state index in [-0.39, 0.29) is 5.91 Å². The van der Waals surface area contributed by atoms with Crippen molar-refractivity contribution < 1.29 is 9.53 Å². The Morgan fingerprint density at radius 1 is 1.33 bits per heavy atom. The number of aryl methyl sites for hydroxylation is 1. The van der Waals surface area contributed by atoms with Crippen LogP contribution in [-0.2, 0) is 11.3 Å². The predicted molar refractivity (Wildman–Crippen MR) is 100 cm³/mol. The van der Waals surface area contributed by atoms with E-state index in [2.05, 4.69) is 26.2 Å². The summed E-state index contributed by atoms with van der Waals surface area (Å²) in [5.74, 6) is 0.491. The molecule has 1 atom stereocenters. The summed E-state index contributed by atoms with van der Waals surface area (Å²) in [6.07, 6.45) is -0.585. The number of ether oxygens (including phenoxy) is 1. The van der Waals surface area contributed by atoms with Gasteiger partial charge in [-0.05, 0) is 59.6 Å². The smallest absolute Gasteiger partial charge is 0.261 e. The lowest BCUT2D eigenvalue weighted by molar-refractivity contribution is -0.127. The van der Waals surface area contributed by atoms with Crippen LogP contribution in [0.4, 0.5) is 0 Å². The monoisotopic (exact) mass is 404 g/mol. The average molecular weight is 405 g/mol. The van der Waals surface area contributed by atoms with Gasteiger partial charge in [0.15, 0.2) is 6.10 Å². The van der Waals surface area contributed by atoms with Gasteiger partial charge >= 0.3 is 0 Å². The van der Waals surface area contributed by atoms with Gasteiger partial charge in [-0.1, -0.05) is 18.2 Å². The maximum Gasteiger partial charge on any atom is 0.261 e. The molecule has 0 aliphatic rings. The molecule has 3 aromatic rings. The normalized spacial score (nSPS) is 12.1. The zero-order valence-corrected chi connectivity index (χ0v) is 15.8. The predicted octanol–water partition coefficient (Wildman–Crippen LogP) is 4.45. The highest BCUT2D eigenvalue weighted by Gasteiger charge is 2.16. The SMILES string of the molecule is Cc1ccc(OC(C)C(=O)NCc2nc3ccccc3s2)c(Br)c1. The number of aromatic nitrogens is 1. The summed E-state index contributed by atoms with van der Waals surface area (Å²) in [4.78, 5) is 16.7. The van der Waals surface area contributed by atoms with E-state index >= 15 is 0 Å². The van der Waals surface area contributed by atoms with Crippen molar-refractivity contribution in [1.82, 2.24) is 10.3 Å². The molecule has 4 nitrogen and oxygen atoms in total. The second-order valence-electron chi connectivity index (χ2n) is 5.49. The summed E-state index contributed by atoms with van der Waals surface area (Å²) in [5.41, 5.74) is 2.08. The van der Waals surface area contributed by atoms with Crippen LogP contribution < -0.4 is 10.1 Å². The van der Waals surface area contributed by atoms with Crippen LogP contribution in [0.1, 0.15) is 17.5 Å². The van der Waals surface area contributed by atoms with Crippen LogP contribution in [0.3, 0.4) is 0 Å². The first-order valence-electron chi connectivity index (χ1n) is 7.58. The van der Waals surface area contributed by atoms with Crippen molar-refractivity contribution in [3.8, 4) is 5.75 Å². The lowest BCUT2D eigenvalue weighted by atomic mass is 10.2. The van der Waals surface area contributed by atoms with E-state index < -0.39 is 6.10 Å². The molecule has 0 saturated heterocycles. The standard InChI is InChI=1S/C18H17BrN2O2S/c1-11-7-8-15(13(19)9-11)23-12(2)18(22)20-10-17-21-14-5-3-4-6-16(14)24-17/h3-9,12H,10H2,1-2H3,(H,20,22). The van der Waals surface area contributed by atoms with Crippen molar-refractivity contribution in [2.45, 2.75) is 26.5 Å². The zero-order chi connectivity index (χ0) is 17.1. The second-order valence-corrected chi connectivity index (χ2v) is 7.46. The molecule has 2 aromatic carbocycles. The first-order chi connectivity index (χ1) is 11.5. The van der Waals surface area contributed by atoms with Crippen LogP contribution in [0.2, 0.25) is 0 Å². The quantitative estimate of drug-likeness (QED) is 0.683. The number of para-hydroxylation sites is 1. The van der Waals surface area contributed by atoms with Gasteiger partial charge in [0.1, 0.15) is 10.8 Å². The Hall–Kier alpha value is -1.92. The van der Waals surface area contributed by atoms with E-state index in [9.17, 15) is 4.79 Å². The molecule has 0 saturated carbocycles. The molecule has 0 bridgehead atoms. The van der Waals surface area contributed by atoms with E-state index in [1.165, 1.54) is 0 Å². The molecular formula is C18H17BrN2O2S. The fourth-order valence-corrected chi connectivity index (χ4v) is 3.74. The number of hydrogen-bond donors (Lipinski definition) is 1. The number of benzene rings is 2. The van der Waals surface area contributed by atoms with Gasteiger partial charge < -0.3 is 10.1 Å². The summed E-state index contributed by atoms with van der Waals surface area (Å²) in [6.45, 7) is 4.14. The van der Waals surface area contributed by atoms with Gasteiger partial charge in [-0.2, -0.15) is 0 Å². The van der Waals surface area contributed by atoms with Gasteiger partial charge in [-0.25, -0.2) is 4.98 Å². The van der Waals surface area contributed by atoms with Gasteiger partial charge in [0.2, 0.25) is 0 Å². The Morgan fingerprint density at radius 2 is 2.12 bits per heavy atom. The highest BCUT2D eigenvalue weighted by atomic mass is 79.9. The van der Waals surface area contributed by atoms with Gasteiger partial charge in [-0.3, -0.25) is 4.79 Å². The van der Waals surface area contributed by atoms with E-state index in [0.29, 0.717) is 12.3 Å². The fourth-order valence-electron chi connectivity index (χ4n) is 2.25. The van der Waals surface area contributed by atoms with Crippen LogP contribution in [0, 0.1) is 6.92 Å². The van der Waals surface area contributed by atoms with Gasteiger partial charge in [0.25, 0.3) is 5.91 Å². The topological polar surface area (TPSA) is 51.2 Å². The molecule has 0 radical (unpaired) electrons. The maximum atomic E-state index is 12.2. The Bertz CT molecular complexity index is 845. The lowest BCUT2D eigenvalue weighted by Gasteiger charge is -2.15. The first-order valence-corrected chi connectivity index (χ1v) is 9.19. The number of amides is 1. The van der Waals surface area contributed by atoms with Crippen LogP contribution in [-0.4, -0.2) is 17.0 Å². The molecule has 24 heavy (non-hydrogen) atoms. The summed E-state index contributed by atoms with van der Waals surface area (Å²) < 4.78 is 7.69. The molecule has 1 N–H and O–H groups in total. The third kappa shape index (κ3) is 3.94. The zero-order valence-electron chi connectivity index (χ0n) is 13.4. The highest BCUT2D eigenvalue weighted by Crippen LogP contribution is 2.26. The largest absolute Gasteiger partial charge is 0.480 e. The van der Waals surface area contributed by atoms with Crippen molar-refractivity contribution in [2.75, 3.05) is 0 Å². The van der Waals surface area contributed by atoms with Crippen LogP contribution in [0.15, 0.2) is 46.9 Å². The Balaban J connectivity index is 1.59. The molecule has 1 aromatic heterocycles. The number of nitrogens with zero attached hydrogens (tertiary/aromatic N) is 1. The van der Waals surface area contributed by atoms with Crippen LogP contribution in [0.5, 0.6) is 5.75 Å². The minimum atomic E-state index is -0.585. The molecule has 0 aliphatic carbocycles. The van der Waals surface area contributed by atoms with Gasteiger partial charge in [0.05, 0.1) is 21.2 Å². The number of thiazole rings is 1. The lowest BCUT2D eigenvalue weighted by Crippen LogP contribution is -2.35. The number of hydrogen-bond acceptors (Lipinski definition) is 4. The summed E-state index contributed by atoms with van der Waals surface area (Å²) in [6, 6.07) is 13.7. The number of rotatable bonds is 5. The number of carbonyl (C=O) groups is 1. The third-order valence-corrected chi connectivity index (χ3v) is 5.17. The molecule has 0 fully saturated rings. The Kier molecular flexibility index (Phi) is 5.16. The van der Waals surface area contributed by atoms with Gasteiger partial charge in [0, 0.05) is 0 Å². The molecular weight excluding hydrogens is 388 g/mol. The molecule has 1 unspecified atom stereocenters. The van der Waals surface area contributed by atoms with E-state index in [4.69, 9.17) is 4.74 Å². The molecule has 3 rings (SSSR count). The average Bonchev–Trinajstić information content (AvgIpc) is 2.98. The van der Waals surface area contributed by atoms with Crippen molar-refractivity contribution in [3.05, 3.63) is 57.5 Å². The van der Waals surface area contributed by atoms with Crippen molar-refractivity contribution >= 4 is 43.4 Å². The molecule has 124 valence electrons. The Labute approximate surface area is 153 Å². The number of halogens is 1. The number of fused-ring (bicyclic) bond motifs is 1. The van der Waals surface area contributed by atoms with E-state index in [1.54, 1.807) is 18.3 Å². The van der Waals surface area contributed by atoms with Crippen molar-refractivity contribution in [1.29, 1.82) is 0 Å². The second kappa shape index (κ2) is 7.32. The highest BCUT2D eigenvalue weighted by molar-refractivity contribution is 9.10. The van der Waals surface area contributed by atoms with Crippen molar-refractivity contribution in [2.24, 2.45) is 0 Å². The third-order valence-electron chi connectivity index (χ3n) is 3.51. The summed E-state index contributed by atoms with van der Waals surface area (Å²) in [7, 11) is 0. The molecule has 0 aliphatic heterocycles. The number of carbonyl (C=O) groups excluding carboxylic acids is 1. The van der Waals surface area contributed by atoms with E-state index in [0.717, 1.165) is 25.3 Å². The minimum Gasteiger partial charge on any atom is -0.480 e. The maximum absolute atomic E-state index is 12.2. The Morgan fingerprint density at radius 3 is 2.88 bits per heavy atom. The molecule has 6 heteroatoms. The molecule has 0 spiro atoms. The fraction of sp³-hybridized carbons (Fsp3) is 0.222. The molecule has 1 heterocycles. The summed E-state index contributed by atoms with van der Waals surface area (Å²) in [5, 5.41) is 3.76.